The first-order valence-corrected chi connectivity index (χ1v) is 17.2. The van der Waals surface area contributed by atoms with Gasteiger partial charge in [-0.15, -0.1) is 0 Å². The summed E-state index contributed by atoms with van der Waals surface area (Å²) in [6, 6.07) is 4.86. The van der Waals surface area contributed by atoms with Gasteiger partial charge in [-0.25, -0.2) is 0 Å². The van der Waals surface area contributed by atoms with Crippen LogP contribution in [0.5, 0.6) is 0 Å². The summed E-state index contributed by atoms with van der Waals surface area (Å²) < 4.78 is 0. The summed E-state index contributed by atoms with van der Waals surface area (Å²) in [5, 5.41) is 17.7. The third-order valence-corrected chi connectivity index (χ3v) is 8.26. The molecule has 0 spiro atoms. The molecule has 0 saturated heterocycles. The Hall–Kier alpha value is -2.10. The standard InChI is InChI=1S/C37H62O4/c1-3-5-7-13-20-26-34-32(24-18-6-4-2)30-31-33(25-19-14-9-8-10-16-22-28-36(38)39)35(34)27-21-15-11-12-17-23-29-37(40)41/h20,26,30-31H,3-19,21-25,27-29H2,1-2H3,(H,38,39)(H,40,41)/b26-20+. The third kappa shape index (κ3) is 19.6. The zero-order chi connectivity index (χ0) is 30.0. The van der Waals surface area contributed by atoms with E-state index in [2.05, 4.69) is 38.1 Å². The predicted octanol–water partition coefficient (Wildman–Crippen LogP) is 11.1. The van der Waals surface area contributed by atoms with E-state index >= 15 is 0 Å². The normalized spacial score (nSPS) is 11.5. The van der Waals surface area contributed by atoms with Crippen molar-refractivity contribution in [2.45, 2.75) is 174 Å². The monoisotopic (exact) mass is 570 g/mol. The molecule has 0 saturated carbocycles. The first-order chi connectivity index (χ1) is 20.0. The van der Waals surface area contributed by atoms with Crippen LogP contribution in [0.4, 0.5) is 0 Å². The van der Waals surface area contributed by atoms with Gasteiger partial charge in [0.15, 0.2) is 0 Å². The molecule has 0 aliphatic heterocycles. The van der Waals surface area contributed by atoms with E-state index in [0.717, 1.165) is 57.8 Å². The Balaban J connectivity index is 2.82. The second-order valence-electron chi connectivity index (χ2n) is 12.0. The van der Waals surface area contributed by atoms with Gasteiger partial charge in [0.2, 0.25) is 0 Å². The van der Waals surface area contributed by atoms with E-state index in [9.17, 15) is 9.59 Å². The highest BCUT2D eigenvalue weighted by atomic mass is 16.4. The number of rotatable bonds is 28. The summed E-state index contributed by atoms with van der Waals surface area (Å²) in [5.74, 6) is -1.36. The van der Waals surface area contributed by atoms with Crippen molar-refractivity contribution in [2.75, 3.05) is 0 Å². The molecule has 41 heavy (non-hydrogen) atoms. The summed E-state index contributed by atoms with van der Waals surface area (Å²) >= 11 is 0. The van der Waals surface area contributed by atoms with Gasteiger partial charge in [-0.3, -0.25) is 9.59 Å². The van der Waals surface area contributed by atoms with Gasteiger partial charge >= 0.3 is 11.9 Å². The highest BCUT2D eigenvalue weighted by Crippen LogP contribution is 2.27. The van der Waals surface area contributed by atoms with Gasteiger partial charge in [0.1, 0.15) is 0 Å². The lowest BCUT2D eigenvalue weighted by Gasteiger charge is -2.18. The zero-order valence-electron chi connectivity index (χ0n) is 26.7. The van der Waals surface area contributed by atoms with Crippen LogP contribution in [0.2, 0.25) is 0 Å². The van der Waals surface area contributed by atoms with E-state index < -0.39 is 11.9 Å². The highest BCUT2D eigenvalue weighted by Gasteiger charge is 2.12. The molecule has 0 aromatic heterocycles. The van der Waals surface area contributed by atoms with Crippen LogP contribution in [-0.2, 0) is 28.9 Å². The fraction of sp³-hybridized carbons (Fsp3) is 0.730. The van der Waals surface area contributed by atoms with Crippen molar-refractivity contribution in [1.82, 2.24) is 0 Å². The Morgan fingerprint density at radius 3 is 1.56 bits per heavy atom. The van der Waals surface area contributed by atoms with Gasteiger partial charge < -0.3 is 10.2 Å². The van der Waals surface area contributed by atoms with Crippen molar-refractivity contribution in [3.8, 4) is 0 Å². The molecule has 0 aliphatic rings. The molecule has 0 amide bonds. The molecular formula is C37H62O4. The van der Waals surface area contributed by atoms with Crippen LogP contribution in [0.3, 0.4) is 0 Å². The largest absolute Gasteiger partial charge is 0.481 e. The lowest BCUT2D eigenvalue weighted by Crippen LogP contribution is -2.03. The molecule has 4 heteroatoms. The summed E-state index contributed by atoms with van der Waals surface area (Å²) in [6.45, 7) is 4.55. The third-order valence-electron chi connectivity index (χ3n) is 8.26. The number of allylic oxidation sites excluding steroid dienone is 1. The van der Waals surface area contributed by atoms with Crippen molar-refractivity contribution in [3.63, 3.8) is 0 Å². The van der Waals surface area contributed by atoms with Gasteiger partial charge in [0, 0.05) is 12.8 Å². The van der Waals surface area contributed by atoms with Crippen molar-refractivity contribution < 1.29 is 19.8 Å². The Labute approximate surface area is 252 Å². The predicted molar refractivity (Wildman–Crippen MR) is 175 cm³/mol. The number of aliphatic carboxylic acids is 2. The number of carbonyl (C=O) groups is 2. The van der Waals surface area contributed by atoms with Crippen molar-refractivity contribution in [2.24, 2.45) is 0 Å². The maximum atomic E-state index is 10.8. The Morgan fingerprint density at radius 1 is 0.561 bits per heavy atom. The molecule has 0 fully saturated rings. The summed E-state index contributed by atoms with van der Waals surface area (Å²) in [6.07, 6.45) is 32.2. The Morgan fingerprint density at radius 2 is 1.00 bits per heavy atom. The highest BCUT2D eigenvalue weighted by molar-refractivity contribution is 5.66. The molecule has 0 heterocycles. The first-order valence-electron chi connectivity index (χ1n) is 17.2. The van der Waals surface area contributed by atoms with E-state index in [-0.39, 0.29) is 0 Å². The minimum absolute atomic E-state index is 0.298. The number of carboxylic acid groups (broad SMARTS) is 2. The zero-order valence-corrected chi connectivity index (χ0v) is 26.7. The van der Waals surface area contributed by atoms with Crippen LogP contribution >= 0.6 is 0 Å². The maximum absolute atomic E-state index is 10.8. The fourth-order valence-corrected chi connectivity index (χ4v) is 5.75. The SMILES string of the molecule is CCCCC/C=C/c1c(CCCCC)ccc(CCCCCCCCCC(=O)O)c1CCCCCCCCC(=O)O. The van der Waals surface area contributed by atoms with Crippen molar-refractivity contribution in [3.05, 3.63) is 40.5 Å². The number of benzene rings is 1. The van der Waals surface area contributed by atoms with Gasteiger partial charge in [0.25, 0.3) is 0 Å². The van der Waals surface area contributed by atoms with Gasteiger partial charge in [0.05, 0.1) is 0 Å². The van der Waals surface area contributed by atoms with Crippen LogP contribution in [0.25, 0.3) is 6.08 Å². The number of hydrogen-bond acceptors (Lipinski definition) is 2. The van der Waals surface area contributed by atoms with E-state index in [0.29, 0.717) is 12.8 Å². The first kappa shape index (κ1) is 36.9. The Kier molecular flexibility index (Phi) is 23.1. The Bertz CT molecular complexity index is 842. The molecule has 2 N–H and O–H groups in total. The quantitative estimate of drug-likeness (QED) is 0.0982. The molecule has 1 aromatic rings. The molecule has 0 aliphatic carbocycles. The van der Waals surface area contributed by atoms with E-state index in [1.54, 1.807) is 11.1 Å². The number of unbranched alkanes of at least 4 members (excludes halogenated alkanes) is 16. The fourth-order valence-electron chi connectivity index (χ4n) is 5.75. The lowest BCUT2D eigenvalue weighted by atomic mass is 9.87. The minimum atomic E-state index is -0.678. The molecule has 4 nitrogen and oxygen atoms in total. The van der Waals surface area contributed by atoms with Gasteiger partial charge in [-0.2, -0.15) is 0 Å². The van der Waals surface area contributed by atoms with E-state index in [4.69, 9.17) is 10.2 Å². The van der Waals surface area contributed by atoms with Crippen LogP contribution in [0.15, 0.2) is 18.2 Å². The van der Waals surface area contributed by atoms with Crippen LogP contribution in [0, 0.1) is 0 Å². The molecule has 0 atom stereocenters. The average molecular weight is 571 g/mol. The second kappa shape index (κ2) is 25.6. The molecular weight excluding hydrogens is 508 g/mol. The van der Waals surface area contributed by atoms with Crippen LogP contribution in [0.1, 0.15) is 177 Å². The number of hydrogen-bond donors (Lipinski definition) is 2. The van der Waals surface area contributed by atoms with Gasteiger partial charge in [-0.1, -0.05) is 122 Å². The number of carboxylic acids is 2. The maximum Gasteiger partial charge on any atom is 0.303 e. The summed E-state index contributed by atoms with van der Waals surface area (Å²) in [7, 11) is 0. The topological polar surface area (TPSA) is 74.6 Å². The van der Waals surface area contributed by atoms with E-state index in [1.807, 2.05) is 0 Å². The number of aryl methyl sites for hydroxylation is 2. The molecule has 1 rings (SSSR count). The van der Waals surface area contributed by atoms with Gasteiger partial charge in [-0.05, 0) is 86.5 Å². The molecule has 1 aromatic carbocycles. The summed E-state index contributed by atoms with van der Waals surface area (Å²) in [4.78, 5) is 21.4. The van der Waals surface area contributed by atoms with Crippen molar-refractivity contribution >= 4 is 18.0 Å². The van der Waals surface area contributed by atoms with E-state index in [1.165, 1.54) is 101 Å². The lowest BCUT2D eigenvalue weighted by molar-refractivity contribution is -0.138. The van der Waals surface area contributed by atoms with Crippen molar-refractivity contribution in [1.29, 1.82) is 0 Å². The van der Waals surface area contributed by atoms with Crippen LogP contribution in [-0.4, -0.2) is 22.2 Å². The smallest absolute Gasteiger partial charge is 0.303 e. The minimum Gasteiger partial charge on any atom is -0.481 e. The average Bonchev–Trinajstić information content (AvgIpc) is 2.94. The second-order valence-corrected chi connectivity index (χ2v) is 12.0. The summed E-state index contributed by atoms with van der Waals surface area (Å²) in [5.41, 5.74) is 6.17. The molecule has 234 valence electrons. The molecule has 0 unspecified atom stereocenters. The molecule has 0 radical (unpaired) electrons. The molecule has 0 bridgehead atoms. The van der Waals surface area contributed by atoms with Crippen LogP contribution < -0.4 is 0 Å².